The van der Waals surface area contributed by atoms with Gasteiger partial charge in [-0.05, 0) is 43.1 Å². The smallest absolute Gasteiger partial charge is 0.190 e. The molecule has 0 atom stereocenters. The second-order valence-corrected chi connectivity index (χ2v) is 7.50. The molecule has 0 heterocycles. The Morgan fingerprint density at radius 1 is 1.07 bits per heavy atom. The standard InChI is InChI=1S/C22H37N3O2.HI/c1-23-21(25-19-22(14-18-26-2)12-6-7-13-22)24-15-8-16-27-17-11-20-9-4-3-5-10-20;/h3-5,9-10H,6-8,11-19H2,1-2H3,(H2,23,24,25);1H. The average Bonchev–Trinajstić information content (AvgIpc) is 3.18. The van der Waals surface area contributed by atoms with Crippen molar-refractivity contribution in [1.29, 1.82) is 0 Å². The molecule has 6 heteroatoms. The number of hydrogen-bond acceptors (Lipinski definition) is 3. The van der Waals surface area contributed by atoms with Gasteiger partial charge >= 0.3 is 0 Å². The lowest BCUT2D eigenvalue weighted by Gasteiger charge is -2.30. The van der Waals surface area contributed by atoms with Gasteiger partial charge in [-0.1, -0.05) is 43.2 Å². The van der Waals surface area contributed by atoms with E-state index in [1.807, 2.05) is 13.1 Å². The number of rotatable bonds is 12. The zero-order chi connectivity index (χ0) is 19.2. The summed E-state index contributed by atoms with van der Waals surface area (Å²) in [6, 6.07) is 10.5. The molecule has 0 radical (unpaired) electrons. The molecule has 2 N–H and O–H groups in total. The Balaban J connectivity index is 0.00000392. The third kappa shape index (κ3) is 9.56. The molecule has 1 aliphatic carbocycles. The van der Waals surface area contributed by atoms with Crippen molar-refractivity contribution < 1.29 is 9.47 Å². The number of hydrogen-bond donors (Lipinski definition) is 2. The van der Waals surface area contributed by atoms with E-state index in [0.717, 1.165) is 58.1 Å². The Morgan fingerprint density at radius 2 is 1.82 bits per heavy atom. The maximum atomic E-state index is 5.74. The fourth-order valence-corrected chi connectivity index (χ4v) is 3.77. The van der Waals surface area contributed by atoms with Gasteiger partial charge in [-0.2, -0.15) is 0 Å². The van der Waals surface area contributed by atoms with Gasteiger partial charge in [-0.3, -0.25) is 4.99 Å². The van der Waals surface area contributed by atoms with Gasteiger partial charge in [-0.15, -0.1) is 24.0 Å². The minimum atomic E-state index is 0. The summed E-state index contributed by atoms with van der Waals surface area (Å²) in [5.41, 5.74) is 1.70. The van der Waals surface area contributed by atoms with Crippen LogP contribution in [0.15, 0.2) is 35.3 Å². The Hall–Kier alpha value is -0.860. The van der Waals surface area contributed by atoms with Crippen LogP contribution in [0, 0.1) is 5.41 Å². The van der Waals surface area contributed by atoms with Crippen molar-refractivity contribution in [2.75, 3.05) is 47.1 Å². The molecule has 0 bridgehead atoms. The molecular weight excluding hydrogens is 465 g/mol. The van der Waals surface area contributed by atoms with Crippen LogP contribution in [0.25, 0.3) is 0 Å². The lowest BCUT2D eigenvalue weighted by molar-refractivity contribution is 0.135. The third-order valence-electron chi connectivity index (χ3n) is 5.49. The zero-order valence-electron chi connectivity index (χ0n) is 17.5. The van der Waals surface area contributed by atoms with Crippen LogP contribution < -0.4 is 10.6 Å². The fourth-order valence-electron chi connectivity index (χ4n) is 3.77. The van der Waals surface area contributed by atoms with E-state index in [1.54, 1.807) is 7.11 Å². The zero-order valence-corrected chi connectivity index (χ0v) is 19.9. The second-order valence-electron chi connectivity index (χ2n) is 7.50. The van der Waals surface area contributed by atoms with E-state index in [1.165, 1.54) is 31.2 Å². The first-order valence-electron chi connectivity index (χ1n) is 10.3. The van der Waals surface area contributed by atoms with Gasteiger partial charge < -0.3 is 20.1 Å². The number of benzene rings is 1. The van der Waals surface area contributed by atoms with Crippen LogP contribution >= 0.6 is 24.0 Å². The predicted octanol–water partition coefficient (Wildman–Crippen LogP) is 4.02. The summed E-state index contributed by atoms with van der Waals surface area (Å²) < 4.78 is 11.1. The van der Waals surface area contributed by atoms with Crippen molar-refractivity contribution in [3.05, 3.63) is 35.9 Å². The molecule has 1 aromatic carbocycles. The maximum Gasteiger partial charge on any atom is 0.190 e. The van der Waals surface area contributed by atoms with Gasteiger partial charge in [0.25, 0.3) is 0 Å². The number of ether oxygens (including phenoxy) is 2. The van der Waals surface area contributed by atoms with E-state index in [9.17, 15) is 0 Å². The SMILES string of the molecule is CN=C(NCCCOCCc1ccccc1)NCC1(CCOC)CCCC1.I. The monoisotopic (exact) mass is 503 g/mol. The van der Waals surface area contributed by atoms with E-state index >= 15 is 0 Å². The van der Waals surface area contributed by atoms with Gasteiger partial charge in [-0.25, -0.2) is 0 Å². The number of methoxy groups -OCH3 is 1. The average molecular weight is 503 g/mol. The largest absolute Gasteiger partial charge is 0.385 e. The van der Waals surface area contributed by atoms with Crippen molar-refractivity contribution in [1.82, 2.24) is 10.6 Å². The number of nitrogens with zero attached hydrogens (tertiary/aromatic N) is 1. The molecule has 0 aromatic heterocycles. The molecule has 160 valence electrons. The summed E-state index contributed by atoms with van der Waals surface area (Å²) in [6.45, 7) is 4.24. The van der Waals surface area contributed by atoms with Gasteiger partial charge in [0.05, 0.1) is 6.61 Å². The van der Waals surface area contributed by atoms with E-state index in [0.29, 0.717) is 5.41 Å². The molecular formula is C22H38IN3O2. The molecule has 0 saturated heterocycles. The minimum Gasteiger partial charge on any atom is -0.385 e. The Kier molecular flexibility index (Phi) is 13.5. The van der Waals surface area contributed by atoms with E-state index < -0.39 is 0 Å². The summed E-state index contributed by atoms with van der Waals surface area (Å²) in [6.07, 6.45) is 8.31. The highest BCUT2D eigenvalue weighted by Crippen LogP contribution is 2.40. The second kappa shape index (κ2) is 15.0. The highest BCUT2D eigenvalue weighted by atomic mass is 127. The molecule has 0 unspecified atom stereocenters. The summed E-state index contributed by atoms with van der Waals surface area (Å²) in [7, 11) is 3.63. The fraction of sp³-hybridized carbons (Fsp3) is 0.682. The lowest BCUT2D eigenvalue weighted by Crippen LogP contribution is -2.43. The molecule has 0 amide bonds. The molecule has 1 saturated carbocycles. The summed E-state index contributed by atoms with van der Waals surface area (Å²) in [5, 5.41) is 6.93. The lowest BCUT2D eigenvalue weighted by atomic mass is 9.83. The van der Waals surface area contributed by atoms with Gasteiger partial charge in [0.15, 0.2) is 5.96 Å². The van der Waals surface area contributed by atoms with Crippen molar-refractivity contribution in [3.63, 3.8) is 0 Å². The summed E-state index contributed by atoms with van der Waals surface area (Å²) >= 11 is 0. The van der Waals surface area contributed by atoms with Crippen molar-refractivity contribution in [2.24, 2.45) is 10.4 Å². The van der Waals surface area contributed by atoms with E-state index in [2.05, 4.69) is 39.9 Å². The van der Waals surface area contributed by atoms with E-state index in [4.69, 9.17) is 9.47 Å². The quantitative estimate of drug-likeness (QED) is 0.196. The first-order chi connectivity index (χ1) is 13.3. The highest BCUT2D eigenvalue weighted by Gasteiger charge is 2.33. The Labute approximate surface area is 188 Å². The normalized spacial score (nSPS) is 15.9. The first kappa shape index (κ1) is 25.2. The molecule has 0 aliphatic heterocycles. The van der Waals surface area contributed by atoms with Crippen molar-refractivity contribution in [3.8, 4) is 0 Å². The molecule has 1 aliphatic rings. The van der Waals surface area contributed by atoms with Gasteiger partial charge in [0.1, 0.15) is 0 Å². The van der Waals surface area contributed by atoms with Crippen LogP contribution in [0.2, 0.25) is 0 Å². The summed E-state index contributed by atoms with van der Waals surface area (Å²) in [5.74, 6) is 0.892. The van der Waals surface area contributed by atoms with Crippen LogP contribution in [0.5, 0.6) is 0 Å². The van der Waals surface area contributed by atoms with Crippen LogP contribution in [0.3, 0.4) is 0 Å². The molecule has 2 rings (SSSR count). The third-order valence-corrected chi connectivity index (χ3v) is 5.49. The maximum absolute atomic E-state index is 5.74. The topological polar surface area (TPSA) is 54.9 Å². The predicted molar refractivity (Wildman–Crippen MR) is 128 cm³/mol. The minimum absolute atomic E-state index is 0. The number of guanidine groups is 1. The van der Waals surface area contributed by atoms with Gasteiger partial charge in [0.2, 0.25) is 0 Å². The summed E-state index contributed by atoms with van der Waals surface area (Å²) in [4.78, 5) is 4.36. The molecule has 0 spiro atoms. The van der Waals surface area contributed by atoms with Crippen LogP contribution in [-0.4, -0.2) is 53.0 Å². The van der Waals surface area contributed by atoms with E-state index in [-0.39, 0.29) is 24.0 Å². The van der Waals surface area contributed by atoms with Crippen LogP contribution in [-0.2, 0) is 15.9 Å². The van der Waals surface area contributed by atoms with Gasteiger partial charge in [0, 0.05) is 40.5 Å². The number of nitrogens with one attached hydrogen (secondary N) is 2. The molecule has 1 aromatic rings. The Bertz CT molecular complexity index is 534. The molecule has 5 nitrogen and oxygen atoms in total. The highest BCUT2D eigenvalue weighted by molar-refractivity contribution is 14.0. The van der Waals surface area contributed by atoms with Crippen LogP contribution in [0.4, 0.5) is 0 Å². The number of halogens is 1. The Morgan fingerprint density at radius 3 is 2.50 bits per heavy atom. The molecule has 28 heavy (non-hydrogen) atoms. The number of aliphatic imine (C=N–C) groups is 1. The first-order valence-corrected chi connectivity index (χ1v) is 10.3. The molecule has 1 fully saturated rings. The van der Waals surface area contributed by atoms with Crippen molar-refractivity contribution in [2.45, 2.75) is 44.9 Å². The van der Waals surface area contributed by atoms with Crippen LogP contribution in [0.1, 0.15) is 44.1 Å². The van der Waals surface area contributed by atoms with Crippen molar-refractivity contribution >= 4 is 29.9 Å².